The molecule has 0 radical (unpaired) electrons. The third-order valence-corrected chi connectivity index (χ3v) is 6.09. The van der Waals surface area contributed by atoms with Gasteiger partial charge in [0.2, 0.25) is 0 Å². The first-order valence-corrected chi connectivity index (χ1v) is 11.7. The average molecular weight is 445 g/mol. The Bertz CT molecular complexity index is 1020. The van der Waals surface area contributed by atoms with Gasteiger partial charge in [0.25, 0.3) is 0 Å². The van der Waals surface area contributed by atoms with E-state index in [0.29, 0.717) is 6.54 Å². The first-order valence-electron chi connectivity index (χ1n) is 11.7. The van der Waals surface area contributed by atoms with E-state index in [-0.39, 0.29) is 11.7 Å². The number of anilines is 1. The Balaban J connectivity index is 1.55. The second kappa shape index (κ2) is 11.2. The summed E-state index contributed by atoms with van der Waals surface area (Å²) < 4.78 is 14.1. The van der Waals surface area contributed by atoms with Crippen molar-refractivity contribution in [1.29, 1.82) is 0 Å². The van der Waals surface area contributed by atoms with Crippen LogP contribution in [-0.4, -0.2) is 61.8 Å². The maximum atomic E-state index is 14.1. The van der Waals surface area contributed by atoms with Crippen LogP contribution >= 0.6 is 0 Å². The van der Waals surface area contributed by atoms with Gasteiger partial charge in [-0.25, -0.2) is 4.39 Å². The SMILES string of the molecule is C/C(CN1CCN(C)CC1)=N\N(CC1C=CC=CC(F)=C1)c1ccc(-c2ccccc2)cc1. The maximum Gasteiger partial charge on any atom is 0.119 e. The molecule has 1 saturated heterocycles. The van der Waals surface area contributed by atoms with Gasteiger partial charge in [0.1, 0.15) is 5.83 Å². The van der Waals surface area contributed by atoms with Crippen molar-refractivity contribution < 1.29 is 4.39 Å². The summed E-state index contributed by atoms with van der Waals surface area (Å²) in [5.41, 5.74) is 4.42. The smallest absolute Gasteiger partial charge is 0.119 e. The molecule has 33 heavy (non-hydrogen) atoms. The molecule has 1 fully saturated rings. The van der Waals surface area contributed by atoms with Gasteiger partial charge in [-0.1, -0.05) is 60.7 Å². The lowest BCUT2D eigenvalue weighted by Crippen LogP contribution is -2.46. The molecule has 2 aromatic rings. The van der Waals surface area contributed by atoms with Crippen molar-refractivity contribution in [3.05, 3.63) is 90.8 Å². The van der Waals surface area contributed by atoms with Crippen molar-refractivity contribution in [2.75, 3.05) is 51.3 Å². The number of halogens is 1. The normalized spacial score (nSPS) is 19.9. The third kappa shape index (κ3) is 6.73. The molecule has 1 aliphatic heterocycles. The van der Waals surface area contributed by atoms with Crippen molar-refractivity contribution >= 4 is 11.4 Å². The van der Waals surface area contributed by atoms with Gasteiger partial charge in [0.05, 0.1) is 12.2 Å². The molecule has 1 heterocycles. The highest BCUT2D eigenvalue weighted by Gasteiger charge is 2.17. The fourth-order valence-electron chi connectivity index (χ4n) is 4.21. The standard InChI is InChI=1S/C28H33FN4/c1-23(21-32-18-16-31(2)17-19-32)30-33(22-24-8-6-7-11-27(29)20-24)28-14-12-26(13-15-28)25-9-4-3-5-10-25/h3-15,20,24H,16-19,21-22H2,1-2H3/b30-23+. The molecule has 0 N–H and O–H groups in total. The molecule has 5 heteroatoms. The number of allylic oxidation sites excluding steroid dienone is 4. The van der Waals surface area contributed by atoms with E-state index < -0.39 is 0 Å². The second-order valence-corrected chi connectivity index (χ2v) is 8.87. The Morgan fingerprint density at radius 1 is 0.970 bits per heavy atom. The monoisotopic (exact) mass is 444 g/mol. The molecule has 1 unspecified atom stereocenters. The highest BCUT2D eigenvalue weighted by atomic mass is 19.1. The van der Waals surface area contributed by atoms with Crippen LogP contribution < -0.4 is 5.01 Å². The Labute approximate surface area is 197 Å². The molecule has 4 rings (SSSR count). The molecular formula is C28H33FN4. The van der Waals surface area contributed by atoms with Crippen LogP contribution in [0.15, 0.2) is 95.9 Å². The van der Waals surface area contributed by atoms with Gasteiger partial charge in [0, 0.05) is 44.4 Å². The number of piperazine rings is 1. The fraction of sp³-hybridized carbons (Fsp3) is 0.321. The van der Waals surface area contributed by atoms with E-state index in [1.807, 2.05) is 23.2 Å². The molecule has 4 nitrogen and oxygen atoms in total. The topological polar surface area (TPSA) is 22.1 Å². The molecule has 1 atom stereocenters. The van der Waals surface area contributed by atoms with Crippen LogP contribution in [0.3, 0.4) is 0 Å². The Morgan fingerprint density at radius 3 is 2.39 bits per heavy atom. The van der Waals surface area contributed by atoms with Crippen molar-refractivity contribution in [2.24, 2.45) is 11.0 Å². The van der Waals surface area contributed by atoms with E-state index in [9.17, 15) is 4.39 Å². The zero-order valence-electron chi connectivity index (χ0n) is 19.6. The van der Waals surface area contributed by atoms with Gasteiger partial charge < -0.3 is 4.90 Å². The van der Waals surface area contributed by atoms with E-state index >= 15 is 0 Å². The zero-order valence-corrected chi connectivity index (χ0v) is 19.6. The van der Waals surface area contributed by atoms with E-state index in [1.54, 1.807) is 12.2 Å². The van der Waals surface area contributed by atoms with Gasteiger partial charge in [-0.05, 0) is 49.4 Å². The Morgan fingerprint density at radius 2 is 1.67 bits per heavy atom. The van der Waals surface area contributed by atoms with Gasteiger partial charge >= 0.3 is 0 Å². The largest absolute Gasteiger partial charge is 0.304 e. The van der Waals surface area contributed by atoms with Crippen molar-refractivity contribution in [3.63, 3.8) is 0 Å². The van der Waals surface area contributed by atoms with Crippen LogP contribution in [0.1, 0.15) is 6.92 Å². The van der Waals surface area contributed by atoms with E-state index in [1.165, 1.54) is 17.2 Å². The van der Waals surface area contributed by atoms with Crippen LogP contribution in [0.4, 0.5) is 10.1 Å². The quantitative estimate of drug-likeness (QED) is 0.423. The molecule has 0 amide bonds. The van der Waals surface area contributed by atoms with Crippen LogP contribution in [0, 0.1) is 5.92 Å². The lowest BCUT2D eigenvalue weighted by Gasteiger charge is -2.32. The summed E-state index contributed by atoms with van der Waals surface area (Å²) in [4.78, 5) is 4.81. The summed E-state index contributed by atoms with van der Waals surface area (Å²) in [7, 11) is 2.17. The number of hydrogen-bond acceptors (Lipinski definition) is 4. The van der Waals surface area contributed by atoms with E-state index in [0.717, 1.165) is 44.1 Å². The summed E-state index contributed by atoms with van der Waals surface area (Å²) >= 11 is 0. The zero-order chi connectivity index (χ0) is 23.0. The van der Waals surface area contributed by atoms with Crippen LogP contribution in [0.25, 0.3) is 11.1 Å². The number of nitrogens with zero attached hydrogens (tertiary/aromatic N) is 4. The number of hydrazone groups is 1. The first kappa shape index (κ1) is 23.1. The second-order valence-electron chi connectivity index (χ2n) is 8.87. The minimum atomic E-state index is -0.206. The minimum absolute atomic E-state index is 0.0611. The lowest BCUT2D eigenvalue weighted by atomic mass is 10.0. The predicted molar refractivity (Wildman–Crippen MR) is 137 cm³/mol. The molecule has 0 aromatic heterocycles. The van der Waals surface area contributed by atoms with Gasteiger partial charge in [-0.15, -0.1) is 0 Å². The number of benzene rings is 2. The third-order valence-electron chi connectivity index (χ3n) is 6.09. The van der Waals surface area contributed by atoms with E-state index in [4.69, 9.17) is 5.10 Å². The highest BCUT2D eigenvalue weighted by molar-refractivity contribution is 5.85. The molecule has 0 bridgehead atoms. The van der Waals surface area contributed by atoms with Crippen LogP contribution in [0.5, 0.6) is 0 Å². The molecule has 2 aromatic carbocycles. The van der Waals surface area contributed by atoms with Crippen molar-refractivity contribution in [3.8, 4) is 11.1 Å². The summed E-state index contributed by atoms with van der Waals surface area (Å²) in [6.07, 6.45) is 8.84. The fourth-order valence-corrected chi connectivity index (χ4v) is 4.21. The Kier molecular flexibility index (Phi) is 7.87. The molecule has 1 aliphatic carbocycles. The van der Waals surface area contributed by atoms with Gasteiger partial charge in [0.15, 0.2) is 0 Å². The molecule has 0 saturated carbocycles. The number of likely N-dealkylation sites (N-methyl/N-ethyl adjacent to an activating group) is 1. The number of hydrogen-bond donors (Lipinski definition) is 0. The molecular weight excluding hydrogens is 411 g/mol. The molecule has 2 aliphatic rings. The van der Waals surface area contributed by atoms with Crippen molar-refractivity contribution in [1.82, 2.24) is 9.80 Å². The maximum absolute atomic E-state index is 14.1. The van der Waals surface area contributed by atoms with Crippen LogP contribution in [-0.2, 0) is 0 Å². The minimum Gasteiger partial charge on any atom is -0.304 e. The van der Waals surface area contributed by atoms with Crippen molar-refractivity contribution in [2.45, 2.75) is 6.92 Å². The summed E-state index contributed by atoms with van der Waals surface area (Å²) in [5.74, 6) is -0.267. The number of rotatable bonds is 7. The van der Waals surface area contributed by atoms with E-state index in [2.05, 4.69) is 72.3 Å². The summed E-state index contributed by atoms with van der Waals surface area (Å²) in [6.45, 7) is 7.80. The lowest BCUT2D eigenvalue weighted by molar-refractivity contribution is 0.170. The predicted octanol–water partition coefficient (Wildman–Crippen LogP) is 5.38. The summed E-state index contributed by atoms with van der Waals surface area (Å²) in [5, 5.41) is 7.02. The molecule has 172 valence electrons. The van der Waals surface area contributed by atoms with Crippen LogP contribution in [0.2, 0.25) is 0 Å². The Hall–Kier alpha value is -3.02. The summed E-state index contributed by atoms with van der Waals surface area (Å²) in [6, 6.07) is 18.8. The van der Waals surface area contributed by atoms with Gasteiger partial charge in [-0.2, -0.15) is 5.10 Å². The van der Waals surface area contributed by atoms with Gasteiger partial charge in [-0.3, -0.25) is 9.91 Å². The highest BCUT2D eigenvalue weighted by Crippen LogP contribution is 2.25. The first-order chi connectivity index (χ1) is 16.1. The molecule has 0 spiro atoms. The average Bonchev–Trinajstić information content (AvgIpc) is 3.04.